The van der Waals surface area contributed by atoms with Crippen LogP contribution in [0.4, 0.5) is 5.69 Å². The SMILES string of the molecule is CCNC(=NCC(=O)NCCc1ccccc1)N1CCN(c2cccc(OC)c2)CC1.I. The molecule has 2 aromatic rings. The maximum absolute atomic E-state index is 12.2. The molecule has 0 aromatic heterocycles. The van der Waals surface area contributed by atoms with Gasteiger partial charge in [0.05, 0.1) is 7.11 Å². The van der Waals surface area contributed by atoms with E-state index in [0.29, 0.717) is 6.54 Å². The minimum atomic E-state index is -0.0543. The second-order valence-electron chi connectivity index (χ2n) is 7.43. The van der Waals surface area contributed by atoms with E-state index < -0.39 is 0 Å². The Labute approximate surface area is 208 Å². The van der Waals surface area contributed by atoms with Gasteiger partial charge >= 0.3 is 0 Å². The van der Waals surface area contributed by atoms with Crippen molar-refractivity contribution in [2.24, 2.45) is 4.99 Å². The third-order valence-corrected chi connectivity index (χ3v) is 5.28. The molecule has 0 spiro atoms. The Bertz CT molecular complexity index is 854. The van der Waals surface area contributed by atoms with Gasteiger partial charge in [-0.15, -0.1) is 24.0 Å². The molecule has 1 heterocycles. The van der Waals surface area contributed by atoms with Crippen molar-refractivity contribution in [2.75, 3.05) is 57.8 Å². The number of carbonyl (C=O) groups is 1. The molecule has 2 N–H and O–H groups in total. The van der Waals surface area contributed by atoms with Crippen molar-refractivity contribution in [1.29, 1.82) is 0 Å². The smallest absolute Gasteiger partial charge is 0.241 e. The first-order chi connectivity index (χ1) is 15.2. The van der Waals surface area contributed by atoms with Crippen molar-refractivity contribution >= 4 is 41.5 Å². The molecule has 1 aliphatic rings. The van der Waals surface area contributed by atoms with Crippen LogP contribution in [0.25, 0.3) is 0 Å². The molecule has 0 radical (unpaired) electrons. The number of carbonyl (C=O) groups excluding carboxylic acids is 1. The fourth-order valence-corrected chi connectivity index (χ4v) is 3.60. The lowest BCUT2D eigenvalue weighted by atomic mass is 10.1. The first-order valence-corrected chi connectivity index (χ1v) is 10.9. The largest absolute Gasteiger partial charge is 0.497 e. The number of anilines is 1. The fourth-order valence-electron chi connectivity index (χ4n) is 3.60. The average Bonchev–Trinajstić information content (AvgIpc) is 2.82. The monoisotopic (exact) mass is 551 g/mol. The van der Waals surface area contributed by atoms with Crippen molar-refractivity contribution in [2.45, 2.75) is 13.3 Å². The van der Waals surface area contributed by atoms with Gasteiger partial charge in [0.1, 0.15) is 12.3 Å². The third-order valence-electron chi connectivity index (χ3n) is 5.28. The Morgan fingerprint density at radius 2 is 1.78 bits per heavy atom. The van der Waals surface area contributed by atoms with Crippen molar-refractivity contribution in [1.82, 2.24) is 15.5 Å². The van der Waals surface area contributed by atoms with Gasteiger partial charge in [0.25, 0.3) is 0 Å². The van der Waals surface area contributed by atoms with E-state index in [0.717, 1.165) is 50.9 Å². The van der Waals surface area contributed by atoms with Crippen LogP contribution in [0.2, 0.25) is 0 Å². The summed E-state index contributed by atoms with van der Waals surface area (Å²) in [6, 6.07) is 18.3. The van der Waals surface area contributed by atoms with E-state index in [9.17, 15) is 4.79 Å². The van der Waals surface area contributed by atoms with Crippen molar-refractivity contribution < 1.29 is 9.53 Å². The minimum absolute atomic E-state index is 0. The summed E-state index contributed by atoms with van der Waals surface area (Å²) < 4.78 is 5.34. The third kappa shape index (κ3) is 7.89. The van der Waals surface area contributed by atoms with Gasteiger partial charge < -0.3 is 25.2 Å². The number of nitrogens with one attached hydrogen (secondary N) is 2. The molecule has 1 fully saturated rings. The van der Waals surface area contributed by atoms with Crippen LogP contribution in [0.5, 0.6) is 5.75 Å². The summed E-state index contributed by atoms with van der Waals surface area (Å²) in [4.78, 5) is 21.4. The van der Waals surface area contributed by atoms with Crippen molar-refractivity contribution in [3.63, 3.8) is 0 Å². The number of amides is 1. The molecule has 32 heavy (non-hydrogen) atoms. The van der Waals surface area contributed by atoms with Crippen LogP contribution >= 0.6 is 24.0 Å². The topological polar surface area (TPSA) is 69.2 Å². The van der Waals surface area contributed by atoms with Crippen LogP contribution in [0, 0.1) is 0 Å². The lowest BCUT2D eigenvalue weighted by Gasteiger charge is -2.37. The van der Waals surface area contributed by atoms with Gasteiger partial charge in [-0.3, -0.25) is 4.79 Å². The van der Waals surface area contributed by atoms with Crippen LogP contribution in [0.3, 0.4) is 0 Å². The zero-order valence-electron chi connectivity index (χ0n) is 18.9. The molecule has 0 bridgehead atoms. The van der Waals surface area contributed by atoms with Crippen molar-refractivity contribution in [3.8, 4) is 5.75 Å². The first-order valence-electron chi connectivity index (χ1n) is 10.9. The van der Waals surface area contributed by atoms with Crippen molar-refractivity contribution in [3.05, 3.63) is 60.2 Å². The summed E-state index contributed by atoms with van der Waals surface area (Å²) >= 11 is 0. The lowest BCUT2D eigenvalue weighted by Crippen LogP contribution is -2.52. The highest BCUT2D eigenvalue weighted by atomic mass is 127. The van der Waals surface area contributed by atoms with Crippen LogP contribution in [-0.2, 0) is 11.2 Å². The minimum Gasteiger partial charge on any atom is -0.497 e. The normalized spacial score (nSPS) is 13.9. The van der Waals surface area contributed by atoms with Gasteiger partial charge in [-0.1, -0.05) is 36.4 Å². The van der Waals surface area contributed by atoms with E-state index in [1.54, 1.807) is 7.11 Å². The molecule has 174 valence electrons. The highest BCUT2D eigenvalue weighted by Crippen LogP contribution is 2.22. The lowest BCUT2D eigenvalue weighted by molar-refractivity contribution is -0.119. The first kappa shape index (κ1) is 25.8. The molecule has 0 atom stereocenters. The quantitative estimate of drug-likeness (QED) is 0.300. The van der Waals surface area contributed by atoms with Gasteiger partial charge in [-0.25, -0.2) is 4.99 Å². The van der Waals surface area contributed by atoms with Gasteiger partial charge in [-0.2, -0.15) is 0 Å². The predicted molar refractivity (Wildman–Crippen MR) is 141 cm³/mol. The number of nitrogens with zero attached hydrogens (tertiary/aromatic N) is 3. The average molecular weight is 551 g/mol. The number of piperazine rings is 1. The predicted octanol–water partition coefficient (Wildman–Crippen LogP) is 2.76. The zero-order valence-corrected chi connectivity index (χ0v) is 21.2. The van der Waals surface area contributed by atoms with Gasteiger partial charge in [0.2, 0.25) is 5.91 Å². The molecule has 0 aliphatic carbocycles. The van der Waals surface area contributed by atoms with E-state index in [-0.39, 0.29) is 36.4 Å². The Balaban J connectivity index is 0.00000363. The standard InChI is InChI=1S/C24H33N5O2.HI/c1-3-25-24(27-19-23(30)26-13-12-20-8-5-4-6-9-20)29-16-14-28(15-17-29)21-10-7-11-22(18-21)31-2;/h4-11,18H,3,12-17,19H2,1-2H3,(H,25,27)(H,26,30);1H. The number of hydrogen-bond acceptors (Lipinski definition) is 4. The summed E-state index contributed by atoms with van der Waals surface area (Å²) in [7, 11) is 1.69. The summed E-state index contributed by atoms with van der Waals surface area (Å²) in [5.41, 5.74) is 2.38. The molecule has 3 rings (SSSR count). The Morgan fingerprint density at radius 1 is 1.03 bits per heavy atom. The summed E-state index contributed by atoms with van der Waals surface area (Å²) in [5.74, 6) is 1.61. The Hall–Kier alpha value is -2.49. The van der Waals surface area contributed by atoms with E-state index >= 15 is 0 Å². The second-order valence-corrected chi connectivity index (χ2v) is 7.43. The second kappa shape index (κ2) is 13.8. The number of aliphatic imine (C=N–C) groups is 1. The van der Waals surface area contributed by atoms with E-state index in [1.165, 1.54) is 11.3 Å². The number of guanidine groups is 1. The number of methoxy groups -OCH3 is 1. The summed E-state index contributed by atoms with van der Waals surface area (Å²) in [5, 5.41) is 6.28. The zero-order chi connectivity index (χ0) is 21.9. The number of halogens is 1. The Kier molecular flexibility index (Phi) is 11.1. The summed E-state index contributed by atoms with van der Waals surface area (Å²) in [6.45, 7) is 7.03. The van der Waals surface area contributed by atoms with Gasteiger partial charge in [0.15, 0.2) is 5.96 Å². The number of ether oxygens (including phenoxy) is 1. The number of benzene rings is 2. The van der Waals surface area contributed by atoms with Crippen LogP contribution in [0.1, 0.15) is 12.5 Å². The van der Waals surface area contributed by atoms with Gasteiger partial charge in [0, 0.05) is 51.0 Å². The van der Waals surface area contributed by atoms with Gasteiger partial charge in [-0.05, 0) is 31.0 Å². The van der Waals surface area contributed by atoms with Crippen LogP contribution < -0.4 is 20.3 Å². The number of hydrogen-bond donors (Lipinski definition) is 2. The van der Waals surface area contributed by atoms with E-state index in [2.05, 4.69) is 49.7 Å². The fraction of sp³-hybridized carbons (Fsp3) is 0.417. The maximum atomic E-state index is 12.2. The highest BCUT2D eigenvalue weighted by molar-refractivity contribution is 14.0. The Morgan fingerprint density at radius 3 is 2.47 bits per heavy atom. The van der Waals surface area contributed by atoms with E-state index in [4.69, 9.17) is 4.74 Å². The maximum Gasteiger partial charge on any atom is 0.241 e. The summed E-state index contributed by atoms with van der Waals surface area (Å²) in [6.07, 6.45) is 0.822. The molecule has 2 aromatic carbocycles. The molecular weight excluding hydrogens is 517 g/mol. The molecule has 1 saturated heterocycles. The van der Waals surface area contributed by atoms with E-state index in [1.807, 2.05) is 37.3 Å². The van der Waals surface area contributed by atoms with Crippen LogP contribution in [-0.4, -0.2) is 69.7 Å². The molecular formula is C24H34IN5O2. The highest BCUT2D eigenvalue weighted by Gasteiger charge is 2.20. The van der Waals surface area contributed by atoms with Crippen LogP contribution in [0.15, 0.2) is 59.6 Å². The molecule has 0 saturated carbocycles. The molecule has 8 heteroatoms. The molecule has 1 amide bonds. The number of rotatable bonds is 8. The molecule has 1 aliphatic heterocycles. The molecule has 0 unspecified atom stereocenters. The molecule has 7 nitrogen and oxygen atoms in total.